The van der Waals surface area contributed by atoms with Crippen LogP contribution in [0.5, 0.6) is 0 Å². The zero-order valence-electron chi connectivity index (χ0n) is 11.8. The molecule has 22 heavy (non-hydrogen) atoms. The summed E-state index contributed by atoms with van der Waals surface area (Å²) >= 11 is 5.73. The predicted molar refractivity (Wildman–Crippen MR) is 83.9 cm³/mol. The van der Waals surface area contributed by atoms with E-state index in [0.717, 1.165) is 0 Å². The van der Waals surface area contributed by atoms with Crippen molar-refractivity contribution in [1.29, 1.82) is 0 Å². The molecule has 1 N–H and O–H groups in total. The van der Waals surface area contributed by atoms with Crippen LogP contribution in [0.15, 0.2) is 42.6 Å². The Hall–Kier alpha value is -2.40. The molecule has 0 fully saturated rings. The molecule has 0 aliphatic carbocycles. The van der Waals surface area contributed by atoms with Crippen molar-refractivity contribution < 1.29 is 9.18 Å². The molecule has 0 spiro atoms. The van der Waals surface area contributed by atoms with Crippen LogP contribution in [0.3, 0.4) is 0 Å². The Morgan fingerprint density at radius 1 is 1.36 bits per heavy atom. The molecule has 3 aromatic rings. The van der Waals surface area contributed by atoms with Crippen LogP contribution < -0.4 is 5.32 Å². The van der Waals surface area contributed by atoms with Gasteiger partial charge < -0.3 is 5.32 Å². The van der Waals surface area contributed by atoms with Gasteiger partial charge in [-0.3, -0.25) is 9.20 Å². The molecule has 112 valence electrons. The minimum Gasteiger partial charge on any atom is -0.321 e. The number of hydrogen-bond donors (Lipinski definition) is 1. The minimum atomic E-state index is -0.524. The zero-order valence-corrected chi connectivity index (χ0v) is 12.6. The molecule has 2 aromatic heterocycles. The van der Waals surface area contributed by atoms with Crippen molar-refractivity contribution in [3.63, 3.8) is 0 Å². The molecule has 0 unspecified atom stereocenters. The molecule has 0 saturated heterocycles. The fourth-order valence-electron chi connectivity index (χ4n) is 2.30. The Balaban J connectivity index is 1.99. The maximum absolute atomic E-state index is 13.2. The van der Waals surface area contributed by atoms with E-state index in [-0.39, 0.29) is 10.9 Å². The molecule has 0 aliphatic rings. The highest BCUT2D eigenvalue weighted by atomic mass is 35.5. The normalized spacial score (nSPS) is 10.9. The number of carbonyl (C=O) groups excluding carboxylic acids is 1. The molecule has 0 atom stereocenters. The fourth-order valence-corrected chi connectivity index (χ4v) is 2.48. The molecule has 1 aromatic carbocycles. The Labute approximate surface area is 131 Å². The van der Waals surface area contributed by atoms with E-state index >= 15 is 0 Å². The lowest BCUT2D eigenvalue weighted by atomic mass is 10.2. The van der Waals surface area contributed by atoms with Gasteiger partial charge in [0.05, 0.1) is 10.7 Å². The average Bonchev–Trinajstić information content (AvgIpc) is 2.89. The van der Waals surface area contributed by atoms with Crippen molar-refractivity contribution >= 4 is 28.8 Å². The third-order valence-corrected chi connectivity index (χ3v) is 3.62. The molecular formula is C16H13ClFN3O. The molecule has 0 bridgehead atoms. The van der Waals surface area contributed by atoms with Crippen LogP contribution in [0.25, 0.3) is 5.65 Å². The van der Waals surface area contributed by atoms with Gasteiger partial charge in [0, 0.05) is 11.9 Å². The highest BCUT2D eigenvalue weighted by Crippen LogP contribution is 2.21. The molecule has 1 amide bonds. The number of amides is 1. The summed E-state index contributed by atoms with van der Waals surface area (Å²) in [5.74, 6) is -0.832. The number of rotatable bonds is 3. The molecule has 3 rings (SSSR count). The van der Waals surface area contributed by atoms with Crippen molar-refractivity contribution in [1.82, 2.24) is 9.38 Å². The fraction of sp³-hybridized carbons (Fsp3) is 0.125. The second kappa shape index (κ2) is 5.77. The van der Waals surface area contributed by atoms with Crippen LogP contribution in [0.4, 0.5) is 10.1 Å². The lowest BCUT2D eigenvalue weighted by Crippen LogP contribution is -2.16. The first-order valence-corrected chi connectivity index (χ1v) is 7.20. The highest BCUT2D eigenvalue weighted by molar-refractivity contribution is 6.31. The Bertz CT molecular complexity index is 860. The number of hydrogen-bond acceptors (Lipinski definition) is 2. The Morgan fingerprint density at radius 2 is 2.18 bits per heavy atom. The van der Waals surface area contributed by atoms with E-state index in [0.29, 0.717) is 29.1 Å². The number of pyridine rings is 1. The number of anilines is 1. The number of fused-ring (bicyclic) bond motifs is 1. The maximum atomic E-state index is 13.2. The van der Waals surface area contributed by atoms with Crippen molar-refractivity contribution in [3.8, 4) is 0 Å². The smallest absolute Gasteiger partial charge is 0.274 e. The van der Waals surface area contributed by atoms with E-state index in [1.807, 2.05) is 25.1 Å². The van der Waals surface area contributed by atoms with Crippen molar-refractivity contribution in [2.24, 2.45) is 0 Å². The Morgan fingerprint density at radius 3 is 2.91 bits per heavy atom. The summed E-state index contributed by atoms with van der Waals surface area (Å²) in [6.07, 6.45) is 2.42. The summed E-state index contributed by atoms with van der Waals surface area (Å²) in [5.41, 5.74) is 2.32. The summed E-state index contributed by atoms with van der Waals surface area (Å²) in [6.45, 7) is 1.94. The van der Waals surface area contributed by atoms with Crippen LogP contribution in [-0.2, 0) is 6.42 Å². The van der Waals surface area contributed by atoms with E-state index in [1.54, 1.807) is 10.6 Å². The number of carbonyl (C=O) groups is 1. The minimum absolute atomic E-state index is 0.0355. The second-order valence-electron chi connectivity index (χ2n) is 4.77. The number of benzene rings is 1. The summed E-state index contributed by atoms with van der Waals surface area (Å²) in [4.78, 5) is 17.0. The lowest BCUT2D eigenvalue weighted by molar-refractivity contribution is 0.102. The van der Waals surface area contributed by atoms with Gasteiger partial charge in [-0.05, 0) is 36.8 Å². The van der Waals surface area contributed by atoms with Crippen molar-refractivity contribution in [2.75, 3.05) is 5.32 Å². The summed E-state index contributed by atoms with van der Waals surface area (Å²) < 4.78 is 14.9. The van der Waals surface area contributed by atoms with Gasteiger partial charge in [-0.25, -0.2) is 9.37 Å². The van der Waals surface area contributed by atoms with E-state index in [1.165, 1.54) is 18.2 Å². The molecule has 0 saturated carbocycles. The quantitative estimate of drug-likeness (QED) is 0.795. The second-order valence-corrected chi connectivity index (χ2v) is 5.18. The standard InChI is InChI=1S/C16H13ClFN3O/c1-2-13-15(21-8-4-3-5-14(21)20-13)16(22)19-10-6-7-12(18)11(17)9-10/h3-9H,2H2,1H3,(H,19,22). The third-order valence-electron chi connectivity index (χ3n) is 3.33. The topological polar surface area (TPSA) is 46.4 Å². The molecule has 0 radical (unpaired) electrons. The number of nitrogens with one attached hydrogen (secondary N) is 1. The average molecular weight is 318 g/mol. The van der Waals surface area contributed by atoms with Crippen LogP contribution in [0.2, 0.25) is 5.02 Å². The van der Waals surface area contributed by atoms with E-state index in [4.69, 9.17) is 11.6 Å². The number of nitrogens with zero attached hydrogens (tertiary/aromatic N) is 2. The number of aromatic nitrogens is 2. The first-order chi connectivity index (χ1) is 10.6. The monoisotopic (exact) mass is 317 g/mol. The predicted octanol–water partition coefficient (Wildman–Crippen LogP) is 3.94. The van der Waals surface area contributed by atoms with Crippen LogP contribution in [0.1, 0.15) is 23.1 Å². The van der Waals surface area contributed by atoms with Crippen molar-refractivity contribution in [2.45, 2.75) is 13.3 Å². The van der Waals surface area contributed by atoms with Gasteiger partial charge in [-0.2, -0.15) is 0 Å². The van der Waals surface area contributed by atoms with Gasteiger partial charge in [-0.1, -0.05) is 24.6 Å². The molecule has 6 heteroatoms. The molecular weight excluding hydrogens is 305 g/mol. The third kappa shape index (κ3) is 2.55. The number of imidazole rings is 1. The van der Waals surface area contributed by atoms with Gasteiger partial charge in [0.1, 0.15) is 17.2 Å². The van der Waals surface area contributed by atoms with Crippen LogP contribution in [0, 0.1) is 5.82 Å². The van der Waals surface area contributed by atoms with Gasteiger partial charge in [0.2, 0.25) is 0 Å². The molecule has 0 aliphatic heterocycles. The van der Waals surface area contributed by atoms with E-state index in [9.17, 15) is 9.18 Å². The summed E-state index contributed by atoms with van der Waals surface area (Å²) in [5, 5.41) is 2.69. The Kier molecular flexibility index (Phi) is 3.81. The summed E-state index contributed by atoms with van der Waals surface area (Å²) in [7, 11) is 0. The molecule has 4 nitrogen and oxygen atoms in total. The SMILES string of the molecule is CCc1nc2ccccn2c1C(=O)Nc1ccc(F)c(Cl)c1. The van der Waals surface area contributed by atoms with Gasteiger partial charge in [-0.15, -0.1) is 0 Å². The zero-order chi connectivity index (χ0) is 15.7. The molecule has 2 heterocycles. The highest BCUT2D eigenvalue weighted by Gasteiger charge is 2.18. The largest absolute Gasteiger partial charge is 0.321 e. The van der Waals surface area contributed by atoms with Gasteiger partial charge >= 0.3 is 0 Å². The van der Waals surface area contributed by atoms with E-state index in [2.05, 4.69) is 10.3 Å². The first kappa shape index (κ1) is 14.5. The first-order valence-electron chi connectivity index (χ1n) is 6.82. The lowest BCUT2D eigenvalue weighted by Gasteiger charge is -2.07. The number of halogens is 2. The summed E-state index contributed by atoms with van der Waals surface area (Å²) in [6, 6.07) is 9.60. The van der Waals surface area contributed by atoms with Crippen LogP contribution in [-0.4, -0.2) is 15.3 Å². The maximum Gasteiger partial charge on any atom is 0.274 e. The number of aryl methyl sites for hydroxylation is 1. The van der Waals surface area contributed by atoms with E-state index < -0.39 is 5.82 Å². The van der Waals surface area contributed by atoms with Crippen molar-refractivity contribution in [3.05, 3.63) is 64.8 Å². The van der Waals surface area contributed by atoms with Gasteiger partial charge in [0.15, 0.2) is 0 Å². The van der Waals surface area contributed by atoms with Crippen LogP contribution >= 0.6 is 11.6 Å². The van der Waals surface area contributed by atoms with Gasteiger partial charge in [0.25, 0.3) is 5.91 Å².